The van der Waals surface area contributed by atoms with E-state index in [0.29, 0.717) is 16.5 Å². The van der Waals surface area contributed by atoms with Crippen LogP contribution in [0, 0.1) is 15.9 Å². The van der Waals surface area contributed by atoms with E-state index in [1.807, 2.05) is 0 Å². The number of halogens is 1. The number of rotatable bonds is 6. The number of carbonyl (C=O) groups excluding carboxylic acids is 1. The Kier molecular flexibility index (Phi) is 5.63. The number of nitro groups is 1. The zero-order valence-electron chi connectivity index (χ0n) is 15.7. The van der Waals surface area contributed by atoms with Gasteiger partial charge in [0.1, 0.15) is 22.3 Å². The summed E-state index contributed by atoms with van der Waals surface area (Å²) in [6.45, 7) is 0. The highest BCUT2D eigenvalue weighted by atomic mass is 32.1. The van der Waals surface area contributed by atoms with Crippen LogP contribution < -0.4 is 10.1 Å². The summed E-state index contributed by atoms with van der Waals surface area (Å²) in [6.07, 6.45) is 0. The van der Waals surface area contributed by atoms with E-state index in [4.69, 9.17) is 4.74 Å². The van der Waals surface area contributed by atoms with Crippen LogP contribution in [0.5, 0.6) is 11.5 Å². The van der Waals surface area contributed by atoms with Gasteiger partial charge < -0.3 is 4.74 Å². The minimum Gasteiger partial charge on any atom is -0.457 e. The van der Waals surface area contributed by atoms with Gasteiger partial charge in [-0.3, -0.25) is 20.2 Å². The second kappa shape index (κ2) is 8.67. The van der Waals surface area contributed by atoms with Crippen LogP contribution in [0.25, 0.3) is 10.6 Å². The van der Waals surface area contributed by atoms with Crippen LogP contribution >= 0.6 is 11.3 Å². The van der Waals surface area contributed by atoms with Gasteiger partial charge in [-0.2, -0.15) is 0 Å². The Balaban J connectivity index is 1.42. The van der Waals surface area contributed by atoms with Crippen molar-refractivity contribution in [2.45, 2.75) is 0 Å². The Bertz CT molecular complexity index is 1240. The molecule has 0 radical (unpaired) electrons. The summed E-state index contributed by atoms with van der Waals surface area (Å²) in [7, 11) is 0. The van der Waals surface area contributed by atoms with E-state index >= 15 is 0 Å². The zero-order valence-corrected chi connectivity index (χ0v) is 16.5. The fourth-order valence-corrected chi connectivity index (χ4v) is 3.37. The summed E-state index contributed by atoms with van der Waals surface area (Å²) in [6, 6.07) is 18.1. The number of carbonyl (C=O) groups is 1. The van der Waals surface area contributed by atoms with Crippen molar-refractivity contribution in [2.75, 3.05) is 5.32 Å². The molecule has 0 spiro atoms. The van der Waals surface area contributed by atoms with Crippen molar-refractivity contribution in [3.63, 3.8) is 0 Å². The summed E-state index contributed by atoms with van der Waals surface area (Å²) in [5, 5.41) is 22.2. The molecule has 31 heavy (non-hydrogen) atoms. The molecule has 1 aromatic heterocycles. The van der Waals surface area contributed by atoms with E-state index in [0.717, 1.165) is 11.6 Å². The zero-order chi connectivity index (χ0) is 21.8. The number of nitrogens with zero attached hydrogens (tertiary/aromatic N) is 3. The topological polar surface area (TPSA) is 107 Å². The number of anilines is 1. The number of nitro benzene ring substituents is 1. The number of hydrogen-bond donors (Lipinski definition) is 1. The highest BCUT2D eigenvalue weighted by molar-refractivity contribution is 7.18. The predicted octanol–water partition coefficient (Wildman–Crippen LogP) is 5.30. The molecule has 0 aliphatic heterocycles. The van der Waals surface area contributed by atoms with Gasteiger partial charge in [0.05, 0.1) is 4.92 Å². The Morgan fingerprint density at radius 3 is 2.32 bits per heavy atom. The fraction of sp³-hybridized carbons (Fsp3) is 0. The van der Waals surface area contributed by atoms with Crippen molar-refractivity contribution in [2.24, 2.45) is 0 Å². The van der Waals surface area contributed by atoms with Crippen molar-refractivity contribution >= 4 is 28.1 Å². The minimum absolute atomic E-state index is 0.0146. The average Bonchev–Trinajstić information content (AvgIpc) is 3.23. The number of amides is 1. The molecule has 0 aliphatic carbocycles. The van der Waals surface area contributed by atoms with Gasteiger partial charge in [0.15, 0.2) is 0 Å². The van der Waals surface area contributed by atoms with Crippen molar-refractivity contribution < 1.29 is 18.8 Å². The van der Waals surface area contributed by atoms with Gasteiger partial charge in [0.2, 0.25) is 5.13 Å². The van der Waals surface area contributed by atoms with Gasteiger partial charge in [-0.1, -0.05) is 17.4 Å². The Morgan fingerprint density at radius 1 is 1.00 bits per heavy atom. The van der Waals surface area contributed by atoms with Crippen LogP contribution in [0.1, 0.15) is 10.4 Å². The molecule has 0 bridgehead atoms. The monoisotopic (exact) mass is 436 g/mol. The normalized spacial score (nSPS) is 10.5. The van der Waals surface area contributed by atoms with Crippen molar-refractivity contribution in [3.05, 3.63) is 94.3 Å². The molecule has 1 amide bonds. The highest BCUT2D eigenvalue weighted by Crippen LogP contribution is 2.30. The largest absolute Gasteiger partial charge is 0.457 e. The van der Waals surface area contributed by atoms with Crippen LogP contribution in [0.4, 0.5) is 15.2 Å². The van der Waals surface area contributed by atoms with Crippen LogP contribution in [0.2, 0.25) is 0 Å². The second-order valence-corrected chi connectivity index (χ2v) is 7.23. The van der Waals surface area contributed by atoms with Crippen LogP contribution in [0.3, 0.4) is 0 Å². The number of aromatic nitrogens is 2. The average molecular weight is 436 g/mol. The van der Waals surface area contributed by atoms with Gasteiger partial charge in [-0.25, -0.2) is 4.39 Å². The molecule has 0 atom stereocenters. The molecule has 0 aliphatic rings. The predicted molar refractivity (Wildman–Crippen MR) is 113 cm³/mol. The Morgan fingerprint density at radius 2 is 1.68 bits per heavy atom. The molecule has 3 aromatic carbocycles. The van der Waals surface area contributed by atoms with Gasteiger partial charge in [0.25, 0.3) is 11.6 Å². The van der Waals surface area contributed by atoms with E-state index in [9.17, 15) is 19.3 Å². The van der Waals surface area contributed by atoms with E-state index in [2.05, 4.69) is 15.5 Å². The molecule has 0 fully saturated rings. The smallest absolute Gasteiger partial charge is 0.269 e. The Labute approximate surface area is 179 Å². The maximum atomic E-state index is 13.3. The van der Waals surface area contributed by atoms with Gasteiger partial charge in [0, 0.05) is 23.3 Å². The maximum Gasteiger partial charge on any atom is 0.269 e. The molecule has 154 valence electrons. The van der Waals surface area contributed by atoms with E-state index < -0.39 is 16.6 Å². The maximum absolute atomic E-state index is 13.3. The van der Waals surface area contributed by atoms with Crippen LogP contribution in [-0.4, -0.2) is 21.0 Å². The van der Waals surface area contributed by atoms with Gasteiger partial charge >= 0.3 is 0 Å². The first-order chi connectivity index (χ1) is 15.0. The van der Waals surface area contributed by atoms with Gasteiger partial charge in [-0.15, -0.1) is 10.2 Å². The lowest BCUT2D eigenvalue weighted by Gasteiger charge is -2.05. The van der Waals surface area contributed by atoms with Gasteiger partial charge in [-0.05, 0) is 54.6 Å². The molecular formula is C21H13FN4O4S. The van der Waals surface area contributed by atoms with Crippen molar-refractivity contribution in [1.82, 2.24) is 10.2 Å². The third kappa shape index (κ3) is 4.87. The SMILES string of the molecule is O=C(Nc1nnc(-c2ccc(Oc3ccc([N+](=O)[O-])cc3)cc2)s1)c1cccc(F)c1. The summed E-state index contributed by atoms with van der Waals surface area (Å²) >= 11 is 1.17. The summed E-state index contributed by atoms with van der Waals surface area (Å²) in [5.74, 6) is 0.0362. The van der Waals surface area contributed by atoms with E-state index in [1.165, 1.54) is 53.8 Å². The molecule has 0 saturated heterocycles. The van der Waals surface area contributed by atoms with Crippen molar-refractivity contribution in [1.29, 1.82) is 0 Å². The number of ether oxygens (including phenoxy) is 1. The molecule has 0 unspecified atom stereocenters. The first-order valence-electron chi connectivity index (χ1n) is 8.91. The molecule has 8 nitrogen and oxygen atoms in total. The Hall–Kier alpha value is -4.18. The molecule has 10 heteroatoms. The summed E-state index contributed by atoms with van der Waals surface area (Å²) in [5.41, 5.74) is 0.934. The number of benzene rings is 3. The molecule has 1 heterocycles. The number of non-ortho nitro benzene ring substituents is 1. The lowest BCUT2D eigenvalue weighted by Crippen LogP contribution is -2.11. The third-order valence-electron chi connectivity index (χ3n) is 4.12. The molecule has 0 saturated carbocycles. The number of hydrogen-bond acceptors (Lipinski definition) is 7. The highest BCUT2D eigenvalue weighted by Gasteiger charge is 2.12. The van der Waals surface area contributed by atoms with Crippen LogP contribution in [0.15, 0.2) is 72.8 Å². The fourth-order valence-electron chi connectivity index (χ4n) is 2.63. The third-order valence-corrected chi connectivity index (χ3v) is 5.00. The minimum atomic E-state index is -0.498. The van der Waals surface area contributed by atoms with E-state index in [-0.39, 0.29) is 16.4 Å². The molecule has 1 N–H and O–H groups in total. The second-order valence-electron chi connectivity index (χ2n) is 6.25. The lowest BCUT2D eigenvalue weighted by molar-refractivity contribution is -0.384. The molecule has 4 aromatic rings. The van der Waals surface area contributed by atoms with Crippen LogP contribution in [-0.2, 0) is 0 Å². The molecular weight excluding hydrogens is 423 g/mol. The first-order valence-corrected chi connectivity index (χ1v) is 9.73. The first kappa shape index (κ1) is 20.1. The molecule has 4 rings (SSSR count). The lowest BCUT2D eigenvalue weighted by atomic mass is 10.2. The van der Waals surface area contributed by atoms with Crippen molar-refractivity contribution in [3.8, 4) is 22.1 Å². The standard InChI is InChI=1S/C21H13FN4O4S/c22-15-3-1-2-14(12-15)19(27)23-21-25-24-20(31-21)13-4-8-17(9-5-13)30-18-10-6-16(7-11-18)26(28)29/h1-12H,(H,23,25,27). The quantitative estimate of drug-likeness (QED) is 0.325. The number of nitrogens with one attached hydrogen (secondary N) is 1. The summed E-state index contributed by atoms with van der Waals surface area (Å²) < 4.78 is 18.9. The summed E-state index contributed by atoms with van der Waals surface area (Å²) in [4.78, 5) is 22.4. The van der Waals surface area contributed by atoms with E-state index in [1.54, 1.807) is 24.3 Å².